The monoisotopic (exact) mass is 566 g/mol. The summed E-state index contributed by atoms with van der Waals surface area (Å²) in [5, 5.41) is 5.68. The van der Waals surface area contributed by atoms with Crippen molar-refractivity contribution >= 4 is 53.9 Å². The van der Waals surface area contributed by atoms with Crippen molar-refractivity contribution in [3.8, 4) is 0 Å². The molecule has 2 N–H and O–H groups in total. The van der Waals surface area contributed by atoms with Crippen LogP contribution in [0.4, 0.5) is 5.00 Å². The Hall–Kier alpha value is -2.47. The van der Waals surface area contributed by atoms with Gasteiger partial charge in [-0.3, -0.25) is 9.59 Å². The van der Waals surface area contributed by atoms with Crippen molar-refractivity contribution < 1.29 is 27.2 Å². The van der Waals surface area contributed by atoms with Gasteiger partial charge < -0.3 is 19.8 Å². The normalized spacial score (nSPS) is 13.4. The minimum Gasteiger partial charge on any atom is -0.439 e. The Balaban J connectivity index is 1.58. The second-order valence-corrected chi connectivity index (χ2v) is 11.6. The second-order valence-electron chi connectivity index (χ2n) is 7.69. The fraction of sp³-hybridized carbons (Fsp3) is 0.304. The lowest BCUT2D eigenvalue weighted by molar-refractivity contribution is 0.0937. The molecule has 0 fully saturated rings. The summed E-state index contributed by atoms with van der Waals surface area (Å²) in [7, 11) is -2.36. The third-order valence-electron chi connectivity index (χ3n) is 5.41. The summed E-state index contributed by atoms with van der Waals surface area (Å²) >= 11 is 4.65. The number of nitrogens with one attached hydrogen (secondary N) is 2. The number of rotatable bonds is 8. The van der Waals surface area contributed by atoms with Crippen LogP contribution in [-0.4, -0.2) is 40.5 Å². The Kier molecular flexibility index (Phi) is 7.56. The number of carbonyl (C=O) groups is 2. The van der Waals surface area contributed by atoms with E-state index < -0.39 is 15.7 Å². The number of amides is 2. The Morgan fingerprint density at radius 1 is 1.09 bits per heavy atom. The molecule has 4 rings (SSSR count). The summed E-state index contributed by atoms with van der Waals surface area (Å²) in [6.45, 7) is 0.727. The minimum atomic E-state index is -3.92. The van der Waals surface area contributed by atoms with E-state index in [-0.39, 0.29) is 21.7 Å². The highest BCUT2D eigenvalue weighted by atomic mass is 79.9. The summed E-state index contributed by atoms with van der Waals surface area (Å²) in [6, 6.07) is 8.69. The third kappa shape index (κ3) is 5.12. The van der Waals surface area contributed by atoms with Crippen molar-refractivity contribution in [2.45, 2.75) is 35.7 Å². The SMILES string of the molecule is COCCNC(=O)c1c(NC(=O)c2ccc(S(=O)(=O)c3ccc(Br)cc3)o2)sc2c1CCCC2. The van der Waals surface area contributed by atoms with Crippen LogP contribution in [0.25, 0.3) is 0 Å². The number of anilines is 1. The Morgan fingerprint density at radius 2 is 1.82 bits per heavy atom. The van der Waals surface area contributed by atoms with Gasteiger partial charge in [0, 0.05) is 23.0 Å². The number of halogens is 1. The van der Waals surface area contributed by atoms with Gasteiger partial charge in [0.2, 0.25) is 14.9 Å². The maximum Gasteiger partial charge on any atom is 0.292 e. The summed E-state index contributed by atoms with van der Waals surface area (Å²) in [6.07, 6.45) is 3.63. The zero-order valence-electron chi connectivity index (χ0n) is 18.4. The molecule has 8 nitrogen and oxygen atoms in total. The zero-order chi connectivity index (χ0) is 24.3. The molecule has 1 aliphatic carbocycles. The molecular formula is C23H23BrN2O6S2. The molecule has 2 heterocycles. The van der Waals surface area contributed by atoms with E-state index in [1.165, 1.54) is 35.6 Å². The van der Waals surface area contributed by atoms with E-state index in [4.69, 9.17) is 9.15 Å². The topological polar surface area (TPSA) is 115 Å². The van der Waals surface area contributed by atoms with Gasteiger partial charge in [-0.2, -0.15) is 0 Å². The first-order chi connectivity index (χ1) is 16.3. The molecule has 0 saturated heterocycles. The van der Waals surface area contributed by atoms with E-state index in [2.05, 4.69) is 26.6 Å². The number of sulfone groups is 1. The van der Waals surface area contributed by atoms with E-state index in [1.54, 1.807) is 19.2 Å². The molecule has 2 amide bonds. The van der Waals surface area contributed by atoms with Crippen LogP contribution in [0.15, 0.2) is 55.3 Å². The fourth-order valence-corrected chi connectivity index (χ4v) is 6.45. The molecule has 180 valence electrons. The number of aryl methyl sites for hydroxylation is 1. The average Bonchev–Trinajstić information content (AvgIpc) is 3.45. The molecule has 0 saturated carbocycles. The first kappa shape index (κ1) is 24.6. The van der Waals surface area contributed by atoms with E-state index in [0.717, 1.165) is 40.6 Å². The lowest BCUT2D eigenvalue weighted by Crippen LogP contribution is -2.28. The van der Waals surface area contributed by atoms with Crippen LogP contribution >= 0.6 is 27.3 Å². The molecule has 0 bridgehead atoms. The van der Waals surface area contributed by atoms with Crippen LogP contribution in [0.5, 0.6) is 0 Å². The van der Waals surface area contributed by atoms with E-state index >= 15 is 0 Å². The number of fused-ring (bicyclic) bond motifs is 1. The fourth-order valence-electron chi connectivity index (χ4n) is 3.73. The summed E-state index contributed by atoms with van der Waals surface area (Å²) in [5.41, 5.74) is 1.41. The lowest BCUT2D eigenvalue weighted by atomic mass is 9.95. The van der Waals surface area contributed by atoms with Gasteiger partial charge >= 0.3 is 0 Å². The highest BCUT2D eigenvalue weighted by molar-refractivity contribution is 9.10. The molecule has 0 spiro atoms. The molecule has 1 aromatic carbocycles. The molecule has 34 heavy (non-hydrogen) atoms. The molecule has 0 unspecified atom stereocenters. The van der Waals surface area contributed by atoms with Crippen LogP contribution in [-0.2, 0) is 27.4 Å². The van der Waals surface area contributed by atoms with Crippen molar-refractivity contribution in [3.05, 3.63) is 62.6 Å². The maximum atomic E-state index is 12.9. The summed E-state index contributed by atoms with van der Waals surface area (Å²) in [5.74, 6) is -1.06. The number of furan rings is 1. The second kappa shape index (κ2) is 10.4. The van der Waals surface area contributed by atoms with Gasteiger partial charge in [0.15, 0.2) is 5.76 Å². The molecule has 3 aromatic rings. The first-order valence-corrected chi connectivity index (χ1v) is 13.7. The minimum absolute atomic E-state index is 0.0537. The van der Waals surface area contributed by atoms with Crippen LogP contribution in [0.1, 0.15) is 44.2 Å². The summed E-state index contributed by atoms with van der Waals surface area (Å²) < 4.78 is 36.8. The molecular weight excluding hydrogens is 544 g/mol. The van der Waals surface area contributed by atoms with Gasteiger partial charge in [-0.15, -0.1) is 11.3 Å². The standard InChI is InChI=1S/C23H23BrN2O6S2/c1-31-13-12-25-22(28)20-16-4-2-3-5-18(16)33-23(20)26-21(27)17-10-11-19(32-17)34(29,30)15-8-6-14(24)7-9-15/h6-11H,2-5,12-13H2,1H3,(H,25,28)(H,26,27). The smallest absolute Gasteiger partial charge is 0.292 e. The number of thiophene rings is 1. The van der Waals surface area contributed by atoms with Crippen molar-refractivity contribution in [1.29, 1.82) is 0 Å². The van der Waals surface area contributed by atoms with Gasteiger partial charge in [0.1, 0.15) is 5.00 Å². The number of methoxy groups -OCH3 is 1. The lowest BCUT2D eigenvalue weighted by Gasteiger charge is -2.13. The van der Waals surface area contributed by atoms with Crippen molar-refractivity contribution in [2.75, 3.05) is 25.6 Å². The van der Waals surface area contributed by atoms with E-state index in [9.17, 15) is 18.0 Å². The number of hydrogen-bond acceptors (Lipinski definition) is 7. The van der Waals surface area contributed by atoms with Gasteiger partial charge in [-0.25, -0.2) is 8.42 Å². The third-order valence-corrected chi connectivity index (χ3v) is 8.79. The number of hydrogen-bond donors (Lipinski definition) is 2. The van der Waals surface area contributed by atoms with Gasteiger partial charge in [-0.1, -0.05) is 15.9 Å². The van der Waals surface area contributed by atoms with Crippen molar-refractivity contribution in [3.63, 3.8) is 0 Å². The van der Waals surface area contributed by atoms with Crippen molar-refractivity contribution in [1.82, 2.24) is 5.32 Å². The largest absolute Gasteiger partial charge is 0.439 e. The maximum absolute atomic E-state index is 12.9. The number of carbonyl (C=O) groups excluding carboxylic acids is 2. The van der Waals surface area contributed by atoms with E-state index in [0.29, 0.717) is 23.7 Å². The molecule has 0 aliphatic heterocycles. The molecule has 1 aliphatic rings. The quantitative estimate of drug-likeness (QED) is 0.389. The Labute approximate surface area is 209 Å². The number of ether oxygens (including phenoxy) is 1. The molecule has 0 radical (unpaired) electrons. The van der Waals surface area contributed by atoms with Crippen LogP contribution in [0.2, 0.25) is 0 Å². The summed E-state index contributed by atoms with van der Waals surface area (Å²) in [4.78, 5) is 27.0. The zero-order valence-corrected chi connectivity index (χ0v) is 21.6. The van der Waals surface area contributed by atoms with Crippen LogP contribution in [0.3, 0.4) is 0 Å². The highest BCUT2D eigenvalue weighted by Crippen LogP contribution is 2.38. The highest BCUT2D eigenvalue weighted by Gasteiger charge is 2.28. The Bertz CT molecular complexity index is 1310. The van der Waals surface area contributed by atoms with E-state index in [1.807, 2.05) is 0 Å². The predicted molar refractivity (Wildman–Crippen MR) is 131 cm³/mol. The average molecular weight is 567 g/mol. The van der Waals surface area contributed by atoms with Crippen molar-refractivity contribution in [2.24, 2.45) is 0 Å². The predicted octanol–water partition coefficient (Wildman–Crippen LogP) is 4.44. The van der Waals surface area contributed by atoms with Crippen LogP contribution in [0, 0.1) is 0 Å². The molecule has 11 heteroatoms. The molecule has 2 aromatic heterocycles. The number of benzene rings is 1. The first-order valence-electron chi connectivity index (χ1n) is 10.6. The van der Waals surface area contributed by atoms with Gasteiger partial charge in [-0.05, 0) is 67.6 Å². The Morgan fingerprint density at radius 3 is 2.56 bits per heavy atom. The van der Waals surface area contributed by atoms with Gasteiger partial charge in [0.25, 0.3) is 11.8 Å². The van der Waals surface area contributed by atoms with Gasteiger partial charge in [0.05, 0.1) is 17.1 Å². The van der Waals surface area contributed by atoms with Crippen LogP contribution < -0.4 is 10.6 Å². The molecule has 0 atom stereocenters.